The highest BCUT2D eigenvalue weighted by Gasteiger charge is 2.21. The topological polar surface area (TPSA) is 68.5 Å². The van der Waals surface area contributed by atoms with E-state index in [4.69, 9.17) is 10.5 Å². The summed E-state index contributed by atoms with van der Waals surface area (Å²) in [5, 5.41) is 0. The zero-order valence-corrected chi connectivity index (χ0v) is 10.0. The predicted octanol–water partition coefficient (Wildman–Crippen LogP) is 0.549. The van der Waals surface area contributed by atoms with Crippen molar-refractivity contribution in [2.75, 3.05) is 19.6 Å². The van der Waals surface area contributed by atoms with E-state index in [2.05, 4.69) is 4.98 Å². The third kappa shape index (κ3) is 3.66. The molecule has 0 radical (unpaired) electrons. The Hall–Kier alpha value is -1.69. The highest BCUT2D eigenvalue weighted by molar-refractivity contribution is 5.75. The first-order chi connectivity index (χ1) is 8.63. The second-order valence-corrected chi connectivity index (χ2v) is 4.36. The van der Waals surface area contributed by atoms with Gasteiger partial charge in [0.1, 0.15) is 6.10 Å². The van der Waals surface area contributed by atoms with Crippen molar-refractivity contribution in [1.29, 1.82) is 0 Å². The summed E-state index contributed by atoms with van der Waals surface area (Å²) in [7, 11) is 0. The van der Waals surface area contributed by atoms with Crippen LogP contribution in [0.1, 0.15) is 12.8 Å². The van der Waals surface area contributed by atoms with Crippen molar-refractivity contribution in [1.82, 2.24) is 9.88 Å². The first-order valence-corrected chi connectivity index (χ1v) is 5.93. The highest BCUT2D eigenvalue weighted by Crippen LogP contribution is 2.17. The lowest BCUT2D eigenvalue weighted by Gasteiger charge is -2.30. The van der Waals surface area contributed by atoms with Gasteiger partial charge in [-0.25, -0.2) is 0 Å². The molecule has 1 saturated heterocycles. The molecule has 1 aliphatic rings. The third-order valence-electron chi connectivity index (χ3n) is 2.89. The lowest BCUT2D eigenvalue weighted by molar-refractivity contribution is -0.119. The number of pyridine rings is 1. The fourth-order valence-corrected chi connectivity index (χ4v) is 2.03. The first kappa shape index (κ1) is 12.8. The molecular formula is C12H16FN3O2. The van der Waals surface area contributed by atoms with Crippen molar-refractivity contribution < 1.29 is 13.9 Å². The minimum absolute atomic E-state index is 0.0171. The zero-order chi connectivity index (χ0) is 13.0. The van der Waals surface area contributed by atoms with E-state index in [1.165, 1.54) is 6.07 Å². The fraction of sp³-hybridized carbons (Fsp3) is 0.500. The Bertz CT molecular complexity index is 420. The van der Waals surface area contributed by atoms with E-state index >= 15 is 0 Å². The minimum Gasteiger partial charge on any atom is -0.474 e. The van der Waals surface area contributed by atoms with Crippen molar-refractivity contribution in [2.24, 2.45) is 5.73 Å². The SMILES string of the molecule is NC(=O)CN1CCC(Oc2cccc(F)n2)CC1. The highest BCUT2D eigenvalue weighted by atomic mass is 19.1. The number of carbonyl (C=O) groups is 1. The molecule has 1 aromatic heterocycles. The van der Waals surface area contributed by atoms with Crippen LogP contribution in [0, 0.1) is 5.95 Å². The van der Waals surface area contributed by atoms with E-state index in [9.17, 15) is 9.18 Å². The maximum atomic E-state index is 12.9. The van der Waals surface area contributed by atoms with Gasteiger partial charge in [-0.15, -0.1) is 0 Å². The van der Waals surface area contributed by atoms with Crippen molar-refractivity contribution >= 4 is 5.91 Å². The number of likely N-dealkylation sites (tertiary alicyclic amines) is 1. The number of piperidine rings is 1. The summed E-state index contributed by atoms with van der Waals surface area (Å²) in [6.07, 6.45) is 1.58. The average molecular weight is 253 g/mol. The number of hydrogen-bond acceptors (Lipinski definition) is 4. The quantitative estimate of drug-likeness (QED) is 0.796. The summed E-state index contributed by atoms with van der Waals surface area (Å²) in [5.74, 6) is -0.553. The van der Waals surface area contributed by atoms with Crippen LogP contribution in [0.5, 0.6) is 5.88 Å². The molecule has 0 unspecified atom stereocenters. The van der Waals surface area contributed by atoms with Gasteiger partial charge in [-0.2, -0.15) is 9.37 Å². The third-order valence-corrected chi connectivity index (χ3v) is 2.89. The predicted molar refractivity (Wildman–Crippen MR) is 63.5 cm³/mol. The molecule has 5 nitrogen and oxygen atoms in total. The molecule has 1 aliphatic heterocycles. The van der Waals surface area contributed by atoms with Crippen LogP contribution in [0.25, 0.3) is 0 Å². The Morgan fingerprint density at radius 2 is 2.22 bits per heavy atom. The molecule has 98 valence electrons. The van der Waals surface area contributed by atoms with Crippen molar-refractivity contribution in [3.63, 3.8) is 0 Å². The summed E-state index contributed by atoms with van der Waals surface area (Å²) >= 11 is 0. The van der Waals surface area contributed by atoms with E-state index in [1.54, 1.807) is 12.1 Å². The van der Waals surface area contributed by atoms with Crippen LogP contribution >= 0.6 is 0 Å². The van der Waals surface area contributed by atoms with Crippen LogP contribution in [0.15, 0.2) is 18.2 Å². The van der Waals surface area contributed by atoms with Crippen LogP contribution in [-0.4, -0.2) is 41.5 Å². The van der Waals surface area contributed by atoms with Gasteiger partial charge in [0.25, 0.3) is 0 Å². The summed E-state index contributed by atoms with van der Waals surface area (Å²) in [6.45, 7) is 1.79. The molecule has 1 amide bonds. The number of carbonyl (C=O) groups excluding carboxylic acids is 1. The fourth-order valence-electron chi connectivity index (χ4n) is 2.03. The van der Waals surface area contributed by atoms with Gasteiger partial charge in [0.15, 0.2) is 0 Å². The Morgan fingerprint density at radius 3 is 2.83 bits per heavy atom. The van der Waals surface area contributed by atoms with Crippen LogP contribution < -0.4 is 10.5 Å². The average Bonchev–Trinajstić information content (AvgIpc) is 2.31. The Morgan fingerprint density at radius 1 is 1.50 bits per heavy atom. The summed E-state index contributed by atoms with van der Waals surface area (Å²) in [6, 6.07) is 4.49. The summed E-state index contributed by atoms with van der Waals surface area (Å²) in [5.41, 5.74) is 5.13. The van der Waals surface area contributed by atoms with Crippen molar-refractivity contribution in [2.45, 2.75) is 18.9 Å². The molecule has 0 aliphatic carbocycles. The second-order valence-electron chi connectivity index (χ2n) is 4.36. The molecule has 0 saturated carbocycles. The van der Waals surface area contributed by atoms with Crippen LogP contribution in [0.3, 0.4) is 0 Å². The Balaban J connectivity index is 1.81. The van der Waals surface area contributed by atoms with Gasteiger partial charge in [-0.05, 0) is 18.9 Å². The van der Waals surface area contributed by atoms with E-state index in [1.807, 2.05) is 4.90 Å². The molecular weight excluding hydrogens is 237 g/mol. The van der Waals surface area contributed by atoms with Gasteiger partial charge in [0.05, 0.1) is 6.54 Å². The van der Waals surface area contributed by atoms with Gasteiger partial charge in [-0.1, -0.05) is 6.07 Å². The number of primary amides is 1. The lowest BCUT2D eigenvalue weighted by Crippen LogP contribution is -2.42. The molecule has 18 heavy (non-hydrogen) atoms. The Labute approximate surface area is 105 Å². The monoisotopic (exact) mass is 253 g/mol. The van der Waals surface area contributed by atoms with E-state index in [-0.39, 0.29) is 18.6 Å². The number of amides is 1. The molecule has 2 N–H and O–H groups in total. The summed E-state index contributed by atoms with van der Waals surface area (Å²) in [4.78, 5) is 16.4. The van der Waals surface area contributed by atoms with Gasteiger partial charge in [0.2, 0.25) is 17.7 Å². The van der Waals surface area contributed by atoms with Crippen LogP contribution in [0.4, 0.5) is 4.39 Å². The summed E-state index contributed by atoms with van der Waals surface area (Å²) < 4.78 is 18.5. The number of halogens is 1. The number of hydrogen-bond donors (Lipinski definition) is 1. The molecule has 0 bridgehead atoms. The van der Waals surface area contributed by atoms with Gasteiger partial charge >= 0.3 is 0 Å². The zero-order valence-electron chi connectivity index (χ0n) is 10.0. The van der Waals surface area contributed by atoms with Gasteiger partial charge in [-0.3, -0.25) is 9.69 Å². The number of ether oxygens (including phenoxy) is 1. The van der Waals surface area contributed by atoms with Crippen LogP contribution in [0.2, 0.25) is 0 Å². The minimum atomic E-state index is -0.543. The first-order valence-electron chi connectivity index (χ1n) is 5.93. The number of rotatable bonds is 4. The normalized spacial score (nSPS) is 17.6. The van der Waals surface area contributed by atoms with E-state index in [0.29, 0.717) is 5.88 Å². The maximum Gasteiger partial charge on any atom is 0.231 e. The maximum absolute atomic E-state index is 12.9. The molecule has 6 heteroatoms. The number of aromatic nitrogens is 1. The Kier molecular flexibility index (Phi) is 4.09. The van der Waals surface area contributed by atoms with Gasteiger partial charge in [0, 0.05) is 19.2 Å². The number of nitrogens with two attached hydrogens (primary N) is 1. The van der Waals surface area contributed by atoms with Gasteiger partial charge < -0.3 is 10.5 Å². The van der Waals surface area contributed by atoms with Crippen molar-refractivity contribution in [3.8, 4) is 5.88 Å². The van der Waals surface area contributed by atoms with E-state index in [0.717, 1.165) is 25.9 Å². The second kappa shape index (κ2) is 5.77. The van der Waals surface area contributed by atoms with E-state index < -0.39 is 5.95 Å². The standard InChI is InChI=1S/C12H16FN3O2/c13-10-2-1-3-12(15-10)18-9-4-6-16(7-5-9)8-11(14)17/h1-3,9H,4-8H2,(H2,14,17). The molecule has 0 aromatic carbocycles. The molecule has 2 rings (SSSR count). The largest absolute Gasteiger partial charge is 0.474 e. The van der Waals surface area contributed by atoms with Crippen molar-refractivity contribution in [3.05, 3.63) is 24.1 Å². The molecule has 0 spiro atoms. The lowest BCUT2D eigenvalue weighted by atomic mass is 10.1. The molecule has 1 aromatic rings. The molecule has 2 heterocycles. The van der Waals surface area contributed by atoms with Crippen LogP contribution in [-0.2, 0) is 4.79 Å². The number of nitrogens with zero attached hydrogens (tertiary/aromatic N) is 2. The molecule has 0 atom stereocenters. The molecule has 1 fully saturated rings. The smallest absolute Gasteiger partial charge is 0.231 e.